The minimum Gasteiger partial charge on any atom is -0.380 e. The van der Waals surface area contributed by atoms with Crippen molar-refractivity contribution in [2.75, 3.05) is 5.32 Å². The summed E-state index contributed by atoms with van der Waals surface area (Å²) < 4.78 is 78.3. The van der Waals surface area contributed by atoms with Crippen molar-refractivity contribution in [3.63, 3.8) is 0 Å². The maximum absolute atomic E-state index is 13.1. The Hall–Kier alpha value is -3.31. The summed E-state index contributed by atoms with van der Waals surface area (Å²) >= 11 is 0. The van der Waals surface area contributed by atoms with Crippen molar-refractivity contribution in [3.05, 3.63) is 68.8 Å². The van der Waals surface area contributed by atoms with Crippen LogP contribution in [0.5, 0.6) is 0 Å². The fourth-order valence-electron chi connectivity index (χ4n) is 2.72. The number of rotatable bonds is 5. The fourth-order valence-corrected chi connectivity index (χ4v) is 2.72. The third-order valence-corrected chi connectivity index (χ3v) is 4.08. The van der Waals surface area contributed by atoms with Gasteiger partial charge < -0.3 is 10.6 Å². The SMILES string of the molecule is CC(C)(C)NC(=O)c1ccc([N+](=O)[O-])cc1NCc1cc(C(F)(F)F)cc(C(F)(F)F)c1. The molecule has 2 aromatic rings. The first-order valence-corrected chi connectivity index (χ1v) is 9.10. The van der Waals surface area contributed by atoms with Gasteiger partial charge in [0.1, 0.15) is 0 Å². The van der Waals surface area contributed by atoms with Gasteiger partial charge in [-0.2, -0.15) is 26.3 Å². The summed E-state index contributed by atoms with van der Waals surface area (Å²) in [5, 5.41) is 16.3. The molecule has 0 fully saturated rings. The van der Waals surface area contributed by atoms with Gasteiger partial charge in [-0.15, -0.1) is 0 Å². The number of nitrogens with zero attached hydrogens (tertiary/aromatic N) is 1. The summed E-state index contributed by atoms with van der Waals surface area (Å²) in [5.41, 5.74) is -4.62. The number of nitrogens with one attached hydrogen (secondary N) is 2. The predicted octanol–water partition coefficient (Wildman–Crippen LogP) is 5.77. The molecule has 2 aromatic carbocycles. The van der Waals surface area contributed by atoms with E-state index in [0.29, 0.717) is 12.1 Å². The Morgan fingerprint density at radius 1 is 0.938 bits per heavy atom. The highest BCUT2D eigenvalue weighted by molar-refractivity contribution is 6.00. The number of non-ortho nitro benzene ring substituents is 1. The number of nitro groups is 1. The van der Waals surface area contributed by atoms with Crippen LogP contribution < -0.4 is 10.6 Å². The molecule has 0 bridgehead atoms. The number of amides is 1. The molecule has 2 N–H and O–H groups in total. The fraction of sp³-hybridized carbons (Fsp3) is 0.350. The van der Waals surface area contributed by atoms with E-state index in [1.54, 1.807) is 20.8 Å². The van der Waals surface area contributed by atoms with Gasteiger partial charge in [-0.3, -0.25) is 14.9 Å². The second kappa shape index (κ2) is 8.67. The van der Waals surface area contributed by atoms with Crippen LogP contribution in [-0.2, 0) is 18.9 Å². The maximum atomic E-state index is 13.1. The molecule has 0 saturated carbocycles. The number of hydrogen-bond donors (Lipinski definition) is 2. The van der Waals surface area contributed by atoms with Crippen LogP contribution >= 0.6 is 0 Å². The Morgan fingerprint density at radius 2 is 1.47 bits per heavy atom. The topological polar surface area (TPSA) is 84.3 Å². The van der Waals surface area contributed by atoms with Gasteiger partial charge in [0.15, 0.2) is 0 Å². The largest absolute Gasteiger partial charge is 0.416 e. The number of benzene rings is 2. The second-order valence-electron chi connectivity index (χ2n) is 7.96. The minimum absolute atomic E-state index is 0.000927. The second-order valence-corrected chi connectivity index (χ2v) is 7.96. The Labute approximate surface area is 178 Å². The Balaban J connectivity index is 2.45. The third-order valence-electron chi connectivity index (χ3n) is 4.08. The zero-order valence-electron chi connectivity index (χ0n) is 17.1. The first kappa shape index (κ1) is 25.0. The Morgan fingerprint density at radius 3 is 1.91 bits per heavy atom. The van der Waals surface area contributed by atoms with E-state index in [0.717, 1.165) is 18.2 Å². The maximum Gasteiger partial charge on any atom is 0.416 e. The monoisotopic (exact) mass is 463 g/mol. The smallest absolute Gasteiger partial charge is 0.380 e. The first-order valence-electron chi connectivity index (χ1n) is 9.10. The summed E-state index contributed by atoms with van der Waals surface area (Å²) in [6.07, 6.45) is -10.0. The molecule has 12 heteroatoms. The van der Waals surface area contributed by atoms with Crippen molar-refractivity contribution in [2.45, 2.75) is 45.2 Å². The molecule has 1 amide bonds. The number of alkyl halides is 6. The van der Waals surface area contributed by atoms with Gasteiger partial charge in [0.25, 0.3) is 11.6 Å². The highest BCUT2D eigenvalue weighted by atomic mass is 19.4. The summed E-state index contributed by atoms with van der Waals surface area (Å²) in [7, 11) is 0. The lowest BCUT2D eigenvalue weighted by Gasteiger charge is -2.22. The average Bonchev–Trinajstić information content (AvgIpc) is 2.63. The van der Waals surface area contributed by atoms with E-state index in [4.69, 9.17) is 0 Å². The average molecular weight is 463 g/mol. The van der Waals surface area contributed by atoms with Crippen molar-refractivity contribution in [2.24, 2.45) is 0 Å². The molecule has 0 aliphatic carbocycles. The van der Waals surface area contributed by atoms with Crippen LogP contribution in [0.2, 0.25) is 0 Å². The van der Waals surface area contributed by atoms with E-state index in [1.807, 2.05) is 0 Å². The van der Waals surface area contributed by atoms with Crippen LogP contribution in [0, 0.1) is 10.1 Å². The molecule has 6 nitrogen and oxygen atoms in total. The molecular weight excluding hydrogens is 444 g/mol. The van der Waals surface area contributed by atoms with Gasteiger partial charge in [0.05, 0.1) is 27.3 Å². The summed E-state index contributed by atoms with van der Waals surface area (Å²) in [6, 6.07) is 4.27. The molecule has 0 atom stereocenters. The van der Waals surface area contributed by atoms with Crippen molar-refractivity contribution >= 4 is 17.3 Å². The van der Waals surface area contributed by atoms with Gasteiger partial charge in [0.2, 0.25) is 0 Å². The predicted molar refractivity (Wildman–Crippen MR) is 104 cm³/mol. The number of halogens is 6. The number of nitro benzene ring substituents is 1. The molecule has 0 heterocycles. The Kier molecular flexibility index (Phi) is 6.76. The van der Waals surface area contributed by atoms with Gasteiger partial charge in [0, 0.05) is 24.2 Å². The normalized spacial score (nSPS) is 12.4. The van der Waals surface area contributed by atoms with E-state index >= 15 is 0 Å². The Bertz CT molecular complexity index is 994. The molecule has 174 valence electrons. The van der Waals surface area contributed by atoms with E-state index in [-0.39, 0.29) is 22.9 Å². The van der Waals surface area contributed by atoms with E-state index in [2.05, 4.69) is 10.6 Å². The molecule has 2 rings (SSSR count). The molecule has 0 spiro atoms. The van der Waals surface area contributed by atoms with Crippen LogP contribution in [0.3, 0.4) is 0 Å². The molecule has 0 radical (unpaired) electrons. The third kappa shape index (κ3) is 6.59. The lowest BCUT2D eigenvalue weighted by Crippen LogP contribution is -2.40. The van der Waals surface area contributed by atoms with Crippen molar-refractivity contribution < 1.29 is 36.1 Å². The molecule has 0 aliphatic heterocycles. The van der Waals surface area contributed by atoms with E-state index < -0.39 is 52.1 Å². The van der Waals surface area contributed by atoms with Gasteiger partial charge >= 0.3 is 12.4 Å². The lowest BCUT2D eigenvalue weighted by molar-refractivity contribution is -0.384. The van der Waals surface area contributed by atoms with Gasteiger partial charge in [-0.25, -0.2) is 0 Å². The number of anilines is 1. The number of carbonyl (C=O) groups excluding carboxylic acids is 1. The van der Waals surface area contributed by atoms with E-state index in [9.17, 15) is 41.3 Å². The number of carbonyl (C=O) groups is 1. The molecule has 0 aliphatic rings. The molecular formula is C20H19F6N3O3. The minimum atomic E-state index is -5.01. The quantitative estimate of drug-likeness (QED) is 0.335. The first-order chi connectivity index (χ1) is 14.5. The zero-order chi connectivity index (χ0) is 24.5. The highest BCUT2D eigenvalue weighted by Crippen LogP contribution is 2.36. The highest BCUT2D eigenvalue weighted by Gasteiger charge is 2.36. The van der Waals surface area contributed by atoms with Crippen LogP contribution in [-0.4, -0.2) is 16.4 Å². The summed E-state index contributed by atoms with van der Waals surface area (Å²) in [5.74, 6) is -0.630. The van der Waals surface area contributed by atoms with Crippen LogP contribution in [0.1, 0.15) is 47.8 Å². The van der Waals surface area contributed by atoms with Crippen molar-refractivity contribution in [1.82, 2.24) is 5.32 Å². The van der Waals surface area contributed by atoms with Gasteiger partial charge in [-0.1, -0.05) is 0 Å². The van der Waals surface area contributed by atoms with Crippen molar-refractivity contribution in [3.8, 4) is 0 Å². The summed E-state index contributed by atoms with van der Waals surface area (Å²) in [6.45, 7) is 4.50. The van der Waals surface area contributed by atoms with Crippen LogP contribution in [0.25, 0.3) is 0 Å². The van der Waals surface area contributed by atoms with Crippen molar-refractivity contribution in [1.29, 1.82) is 0 Å². The van der Waals surface area contributed by atoms with Gasteiger partial charge in [-0.05, 0) is 50.6 Å². The summed E-state index contributed by atoms with van der Waals surface area (Å²) in [4.78, 5) is 22.9. The van der Waals surface area contributed by atoms with Crippen LogP contribution in [0.15, 0.2) is 36.4 Å². The standard InChI is InChI=1S/C20H19F6N3O3/c1-18(2,3)28-17(30)15-5-4-14(29(31)32)9-16(15)27-10-11-6-12(19(21,22)23)8-13(7-11)20(24,25)26/h4-9,27H,10H2,1-3H3,(H,28,30). The number of hydrogen-bond acceptors (Lipinski definition) is 4. The van der Waals surface area contributed by atoms with E-state index in [1.165, 1.54) is 0 Å². The molecule has 32 heavy (non-hydrogen) atoms. The molecule has 0 saturated heterocycles. The molecule has 0 aromatic heterocycles. The lowest BCUT2D eigenvalue weighted by atomic mass is 10.0. The molecule has 0 unspecified atom stereocenters. The van der Waals surface area contributed by atoms with Crippen LogP contribution in [0.4, 0.5) is 37.7 Å². The zero-order valence-corrected chi connectivity index (χ0v) is 17.1.